The number of aryl methyl sites for hydroxylation is 1. The van der Waals surface area contributed by atoms with Crippen LogP contribution in [0.4, 0.5) is 24.5 Å². The number of hydrogen-bond donors (Lipinski definition) is 2. The van der Waals surface area contributed by atoms with E-state index in [1.807, 2.05) is 18.3 Å². The first kappa shape index (κ1) is 22.1. The summed E-state index contributed by atoms with van der Waals surface area (Å²) >= 11 is 1.61. The van der Waals surface area contributed by atoms with Crippen molar-refractivity contribution in [2.45, 2.75) is 32.0 Å². The Bertz CT molecular complexity index is 1160. The Morgan fingerprint density at radius 1 is 1.18 bits per heavy atom. The van der Waals surface area contributed by atoms with Gasteiger partial charge in [0.15, 0.2) is 0 Å². The van der Waals surface area contributed by atoms with Crippen LogP contribution in [0.1, 0.15) is 30.0 Å². The molecule has 0 unspecified atom stereocenters. The van der Waals surface area contributed by atoms with Crippen molar-refractivity contribution in [1.29, 1.82) is 0 Å². The number of nitrogens with one attached hydrogen (secondary N) is 2. The molecule has 1 atom stereocenters. The highest BCUT2D eigenvalue weighted by Gasteiger charge is 2.32. The lowest BCUT2D eigenvalue weighted by molar-refractivity contribution is -0.137. The number of rotatable bonds is 4. The van der Waals surface area contributed by atoms with Gasteiger partial charge in [-0.15, -0.1) is 0 Å². The first-order chi connectivity index (χ1) is 15.9. The number of alkyl halides is 3. The van der Waals surface area contributed by atoms with E-state index in [1.54, 1.807) is 18.0 Å². The van der Waals surface area contributed by atoms with Gasteiger partial charge in [0.05, 0.1) is 22.6 Å². The summed E-state index contributed by atoms with van der Waals surface area (Å²) < 4.78 is 42.6. The maximum Gasteiger partial charge on any atom is 0.416 e. The molecule has 2 N–H and O–H groups in total. The topological polar surface area (TPSA) is 40.2 Å². The molecule has 0 bridgehead atoms. The van der Waals surface area contributed by atoms with Crippen molar-refractivity contribution in [3.63, 3.8) is 0 Å². The molecule has 0 spiro atoms. The van der Waals surface area contributed by atoms with Gasteiger partial charge in [0.25, 0.3) is 0 Å². The van der Waals surface area contributed by atoms with Crippen LogP contribution in [0.3, 0.4) is 0 Å². The summed E-state index contributed by atoms with van der Waals surface area (Å²) in [7, 11) is 0. The monoisotopic (exact) mass is 470 g/mol. The van der Waals surface area contributed by atoms with Gasteiger partial charge in [0, 0.05) is 47.9 Å². The summed E-state index contributed by atoms with van der Waals surface area (Å²) in [6.07, 6.45) is 1.10. The minimum absolute atomic E-state index is 0.183. The zero-order valence-corrected chi connectivity index (χ0v) is 19.1. The second-order valence-corrected chi connectivity index (χ2v) is 9.57. The molecule has 1 aromatic carbocycles. The Balaban J connectivity index is 1.38. The summed E-state index contributed by atoms with van der Waals surface area (Å²) in [6, 6.07) is 11.9. The van der Waals surface area contributed by atoms with Gasteiger partial charge in [-0.3, -0.25) is 4.98 Å². The number of anilines is 2. The summed E-state index contributed by atoms with van der Waals surface area (Å²) in [4.78, 5) is 8.33. The van der Waals surface area contributed by atoms with Crippen molar-refractivity contribution in [2.75, 3.05) is 29.3 Å². The molecule has 33 heavy (non-hydrogen) atoms. The van der Waals surface area contributed by atoms with Crippen LogP contribution in [0.15, 0.2) is 53.6 Å². The fourth-order valence-electron chi connectivity index (χ4n) is 4.65. The molecule has 1 fully saturated rings. The summed E-state index contributed by atoms with van der Waals surface area (Å²) in [5, 5.41) is 3.55. The number of allylic oxidation sites excluding steroid dienone is 1. The van der Waals surface area contributed by atoms with Crippen LogP contribution in [-0.2, 0) is 12.6 Å². The predicted octanol–water partition coefficient (Wildman–Crippen LogP) is 6.05. The van der Waals surface area contributed by atoms with Gasteiger partial charge >= 0.3 is 6.18 Å². The molecule has 5 rings (SSSR count). The van der Waals surface area contributed by atoms with Crippen molar-refractivity contribution >= 4 is 29.4 Å². The van der Waals surface area contributed by atoms with Crippen molar-refractivity contribution < 1.29 is 13.2 Å². The third-order valence-electron chi connectivity index (χ3n) is 6.21. The maximum absolute atomic E-state index is 13.1. The van der Waals surface area contributed by atoms with Gasteiger partial charge in [-0.1, -0.05) is 30.3 Å². The van der Waals surface area contributed by atoms with Gasteiger partial charge < -0.3 is 14.9 Å². The number of piperazine rings is 1. The van der Waals surface area contributed by atoms with Crippen molar-refractivity contribution in [3.8, 4) is 11.3 Å². The fourth-order valence-corrected chi connectivity index (χ4v) is 5.31. The van der Waals surface area contributed by atoms with E-state index in [-0.39, 0.29) is 6.04 Å². The molecule has 0 radical (unpaired) electrons. The molecule has 1 aliphatic carbocycles. The van der Waals surface area contributed by atoms with E-state index in [1.165, 1.54) is 22.6 Å². The molecule has 0 amide bonds. The molecule has 4 nitrogen and oxygen atoms in total. The Kier molecular flexibility index (Phi) is 5.97. The van der Waals surface area contributed by atoms with Gasteiger partial charge in [-0.05, 0) is 55.5 Å². The van der Waals surface area contributed by atoms with Crippen molar-refractivity contribution in [1.82, 2.24) is 10.3 Å². The average Bonchev–Trinajstić information content (AvgIpc) is 2.93. The normalized spacial score (nSPS) is 18.6. The van der Waals surface area contributed by atoms with Crippen molar-refractivity contribution in [3.05, 3.63) is 70.3 Å². The zero-order valence-electron chi connectivity index (χ0n) is 18.2. The largest absolute Gasteiger partial charge is 0.416 e. The second kappa shape index (κ2) is 8.91. The third kappa shape index (κ3) is 4.54. The van der Waals surface area contributed by atoms with Gasteiger partial charge in [0.1, 0.15) is 0 Å². The Morgan fingerprint density at radius 3 is 2.91 bits per heavy atom. The Hall–Kier alpha value is -2.71. The van der Waals surface area contributed by atoms with Crippen LogP contribution in [0.5, 0.6) is 0 Å². The number of benzene rings is 1. The summed E-state index contributed by atoms with van der Waals surface area (Å²) in [5.74, 6) is 0. The summed E-state index contributed by atoms with van der Waals surface area (Å²) in [6.45, 7) is 4.54. The van der Waals surface area contributed by atoms with Crippen LogP contribution in [-0.4, -0.2) is 30.7 Å². The van der Waals surface area contributed by atoms with Crippen LogP contribution >= 0.6 is 11.9 Å². The number of nitrogens with zero attached hydrogens (tertiary/aromatic N) is 2. The first-order valence-corrected chi connectivity index (χ1v) is 11.9. The van der Waals surface area contributed by atoms with E-state index in [0.717, 1.165) is 54.8 Å². The lowest BCUT2D eigenvalue weighted by Crippen LogP contribution is -2.51. The van der Waals surface area contributed by atoms with E-state index >= 15 is 0 Å². The predicted molar refractivity (Wildman–Crippen MR) is 129 cm³/mol. The van der Waals surface area contributed by atoms with Crippen LogP contribution < -0.4 is 14.9 Å². The molecular weight excluding hydrogens is 445 g/mol. The van der Waals surface area contributed by atoms with Gasteiger partial charge in [-0.25, -0.2) is 0 Å². The van der Waals surface area contributed by atoms with E-state index in [0.29, 0.717) is 12.0 Å². The average molecular weight is 471 g/mol. The third-order valence-corrected chi connectivity index (χ3v) is 6.95. The highest BCUT2D eigenvalue weighted by Crippen LogP contribution is 2.50. The highest BCUT2D eigenvalue weighted by molar-refractivity contribution is 8.04. The number of halogens is 3. The molecule has 1 aromatic rings. The molecule has 0 aromatic heterocycles. The van der Waals surface area contributed by atoms with Gasteiger partial charge in [-0.2, -0.15) is 13.2 Å². The second-order valence-electron chi connectivity index (χ2n) is 8.52. The maximum atomic E-state index is 13.1. The van der Waals surface area contributed by atoms with E-state index in [2.05, 4.69) is 34.0 Å². The Morgan fingerprint density at radius 2 is 2.06 bits per heavy atom. The number of fused-ring (bicyclic) bond motifs is 3. The lowest BCUT2D eigenvalue weighted by atomic mass is 10.0. The molecule has 3 heterocycles. The minimum atomic E-state index is -4.31. The molecule has 8 heteroatoms. The van der Waals surface area contributed by atoms with E-state index in [4.69, 9.17) is 4.98 Å². The minimum Gasteiger partial charge on any atom is -0.366 e. The molecule has 3 aliphatic heterocycles. The van der Waals surface area contributed by atoms with Crippen LogP contribution in [0.25, 0.3) is 17.3 Å². The van der Waals surface area contributed by atoms with Crippen molar-refractivity contribution in [2.24, 2.45) is 0 Å². The standard InChI is InChI=1S/C25H25F3N4S/c1-16-13-21-22(31-33-16)20-7-2-3-10-30-23(20)24(21)32-12-11-29-19(15-32)9-8-17-5-4-6-18(14-17)25(26,27)28/h2-7,10,13-14,19,29,31H,8-9,11-12,15H2,1H3/t19-/m0/s1. The smallest absolute Gasteiger partial charge is 0.366 e. The van der Waals surface area contributed by atoms with Crippen LogP contribution in [0, 0.1) is 0 Å². The number of aromatic nitrogens is 1. The molecular formula is C25H25F3N4S. The SMILES string of the molecule is CC1=Cc2c(c3ccccnc-3c2N2CCN[C@@H](CCc3cccc(C(F)(F)F)c3)C2)NS1. The molecule has 4 aliphatic rings. The molecule has 1 saturated heterocycles. The highest BCUT2D eigenvalue weighted by atomic mass is 32.2. The lowest BCUT2D eigenvalue weighted by Gasteiger charge is -2.36. The van der Waals surface area contributed by atoms with Gasteiger partial charge in [0.2, 0.25) is 0 Å². The molecule has 0 saturated carbocycles. The van der Waals surface area contributed by atoms with E-state index in [9.17, 15) is 13.2 Å². The first-order valence-electron chi connectivity index (χ1n) is 11.1. The molecule has 172 valence electrons. The van der Waals surface area contributed by atoms with Crippen LogP contribution in [0.2, 0.25) is 0 Å². The Labute approximate surface area is 195 Å². The fraction of sp³-hybridized carbons (Fsp3) is 0.320. The quantitative estimate of drug-likeness (QED) is 0.454. The number of hydrogen-bond acceptors (Lipinski definition) is 5. The van der Waals surface area contributed by atoms with E-state index < -0.39 is 11.7 Å². The summed E-state index contributed by atoms with van der Waals surface area (Å²) in [5.41, 5.74) is 5.60. The zero-order chi connectivity index (χ0) is 23.0.